The van der Waals surface area contributed by atoms with E-state index in [-0.39, 0.29) is 5.60 Å². The molecule has 100 valence electrons. The van der Waals surface area contributed by atoms with Gasteiger partial charge < -0.3 is 10.1 Å². The minimum Gasteiger partial charge on any atom is -0.375 e. The third-order valence-electron chi connectivity index (χ3n) is 4.25. The van der Waals surface area contributed by atoms with Crippen LogP contribution in [0, 0.1) is 0 Å². The van der Waals surface area contributed by atoms with Crippen LogP contribution in [0.4, 0.5) is 0 Å². The van der Waals surface area contributed by atoms with E-state index < -0.39 is 0 Å². The molecule has 2 fully saturated rings. The molecule has 1 saturated heterocycles. The number of rotatable bonds is 4. The van der Waals surface area contributed by atoms with Gasteiger partial charge in [-0.2, -0.15) is 0 Å². The lowest BCUT2D eigenvalue weighted by atomic mass is 9.89. The third-order valence-corrected chi connectivity index (χ3v) is 4.25. The Hall–Kier alpha value is -0.940. The maximum atomic E-state index is 6.04. The summed E-state index contributed by atoms with van der Waals surface area (Å²) < 4.78 is 7.91. The summed E-state index contributed by atoms with van der Waals surface area (Å²) in [5, 5.41) is 11.4. The normalized spacial score (nSPS) is 26.8. The Morgan fingerprint density at radius 2 is 2.28 bits per heavy atom. The van der Waals surface area contributed by atoms with Gasteiger partial charge in [0.25, 0.3) is 0 Å². The molecule has 1 aliphatic heterocycles. The van der Waals surface area contributed by atoms with Crippen LogP contribution in [-0.4, -0.2) is 39.8 Å². The minimum atomic E-state index is 0.211. The van der Waals surface area contributed by atoms with Crippen molar-refractivity contribution in [3.8, 4) is 0 Å². The average Bonchev–Trinajstić information content (AvgIpc) is 3.02. The highest BCUT2D eigenvalue weighted by Gasteiger charge is 2.39. The zero-order valence-corrected chi connectivity index (χ0v) is 10.8. The molecule has 1 atom stereocenters. The van der Waals surface area contributed by atoms with Crippen LogP contribution in [0.25, 0.3) is 0 Å². The molecular weight excluding hydrogens is 228 g/mol. The quantitative estimate of drug-likeness (QED) is 0.876. The number of nitrogens with one attached hydrogen (secondary N) is 1. The largest absolute Gasteiger partial charge is 0.375 e. The molecular formula is C13H22N4O. The van der Waals surface area contributed by atoms with E-state index >= 15 is 0 Å². The Labute approximate surface area is 108 Å². The van der Waals surface area contributed by atoms with Crippen molar-refractivity contribution in [1.29, 1.82) is 0 Å². The van der Waals surface area contributed by atoms with Gasteiger partial charge in [0.2, 0.25) is 0 Å². The second-order valence-electron chi connectivity index (χ2n) is 5.55. The third kappa shape index (κ3) is 2.72. The summed E-state index contributed by atoms with van der Waals surface area (Å²) in [5.74, 6) is 0. The molecule has 3 rings (SSSR count). The van der Waals surface area contributed by atoms with E-state index in [1.165, 1.54) is 32.1 Å². The first-order chi connectivity index (χ1) is 8.86. The number of nitrogens with zero attached hydrogens (tertiary/aromatic N) is 3. The first-order valence-electron chi connectivity index (χ1n) is 7.08. The molecule has 1 aliphatic carbocycles. The van der Waals surface area contributed by atoms with Crippen LogP contribution in [0.5, 0.6) is 0 Å². The topological polar surface area (TPSA) is 52.0 Å². The smallest absolute Gasteiger partial charge is 0.0697 e. The summed E-state index contributed by atoms with van der Waals surface area (Å²) in [7, 11) is 0. The van der Waals surface area contributed by atoms with Crippen molar-refractivity contribution in [2.45, 2.75) is 56.7 Å². The molecule has 1 aromatic heterocycles. The fourth-order valence-electron chi connectivity index (χ4n) is 3.30. The Balaban J connectivity index is 1.45. The van der Waals surface area contributed by atoms with Gasteiger partial charge >= 0.3 is 0 Å². The molecule has 2 aliphatic rings. The van der Waals surface area contributed by atoms with Crippen molar-refractivity contribution in [3.05, 3.63) is 12.4 Å². The van der Waals surface area contributed by atoms with Crippen LogP contribution in [-0.2, 0) is 11.3 Å². The first-order valence-corrected chi connectivity index (χ1v) is 7.08. The standard InChI is InChI=1S/C13H22N4O/c1-2-5-13(4-1)11-12(3-10-18-13)14-6-8-17-9-7-15-16-17/h7,9,12,14H,1-6,8,10-11H2. The van der Waals surface area contributed by atoms with Gasteiger partial charge in [-0.15, -0.1) is 5.10 Å². The van der Waals surface area contributed by atoms with Gasteiger partial charge in [-0.05, 0) is 25.7 Å². The van der Waals surface area contributed by atoms with Crippen LogP contribution in [0.3, 0.4) is 0 Å². The fraction of sp³-hybridized carbons (Fsp3) is 0.846. The van der Waals surface area contributed by atoms with Crippen LogP contribution < -0.4 is 5.32 Å². The molecule has 18 heavy (non-hydrogen) atoms. The Morgan fingerprint density at radius 3 is 3.06 bits per heavy atom. The molecule has 1 saturated carbocycles. The van der Waals surface area contributed by atoms with E-state index in [4.69, 9.17) is 4.74 Å². The molecule has 1 N–H and O–H groups in total. The van der Waals surface area contributed by atoms with Crippen LogP contribution >= 0.6 is 0 Å². The maximum absolute atomic E-state index is 6.04. The summed E-state index contributed by atoms with van der Waals surface area (Å²) in [6.45, 7) is 2.77. The van der Waals surface area contributed by atoms with Gasteiger partial charge in [0.15, 0.2) is 0 Å². The van der Waals surface area contributed by atoms with Crippen molar-refractivity contribution in [1.82, 2.24) is 20.3 Å². The predicted octanol–water partition coefficient (Wildman–Crippen LogP) is 1.36. The van der Waals surface area contributed by atoms with E-state index in [1.54, 1.807) is 6.20 Å². The van der Waals surface area contributed by atoms with Gasteiger partial charge in [-0.3, -0.25) is 4.68 Å². The maximum Gasteiger partial charge on any atom is 0.0697 e. The molecule has 2 heterocycles. The van der Waals surface area contributed by atoms with Crippen LogP contribution in [0.2, 0.25) is 0 Å². The molecule has 1 spiro atoms. The van der Waals surface area contributed by atoms with Crippen LogP contribution in [0.15, 0.2) is 12.4 Å². The van der Waals surface area contributed by atoms with Gasteiger partial charge in [0, 0.05) is 25.4 Å². The van der Waals surface area contributed by atoms with E-state index in [9.17, 15) is 0 Å². The Bertz CT molecular complexity index is 359. The molecule has 1 unspecified atom stereocenters. The summed E-state index contributed by atoms with van der Waals surface area (Å²) in [5.41, 5.74) is 0.211. The molecule has 5 nitrogen and oxygen atoms in total. The van der Waals surface area contributed by atoms with Gasteiger partial charge in [-0.25, -0.2) is 0 Å². The van der Waals surface area contributed by atoms with E-state index in [2.05, 4.69) is 15.6 Å². The lowest BCUT2D eigenvalue weighted by molar-refractivity contribution is -0.0835. The Kier molecular flexibility index (Phi) is 3.61. The molecule has 1 aromatic rings. The zero-order chi connectivity index (χ0) is 12.3. The molecule has 0 radical (unpaired) electrons. The first kappa shape index (κ1) is 12.1. The minimum absolute atomic E-state index is 0.211. The highest BCUT2D eigenvalue weighted by molar-refractivity contribution is 4.93. The summed E-state index contributed by atoms with van der Waals surface area (Å²) >= 11 is 0. The van der Waals surface area contributed by atoms with E-state index in [0.29, 0.717) is 6.04 Å². The highest BCUT2D eigenvalue weighted by atomic mass is 16.5. The summed E-state index contributed by atoms with van der Waals surface area (Å²) in [4.78, 5) is 0. The average molecular weight is 250 g/mol. The SMILES string of the molecule is c1cn(CCNC2CCOC3(CCCC3)C2)nn1. The van der Waals surface area contributed by atoms with Gasteiger partial charge in [0.1, 0.15) is 0 Å². The van der Waals surface area contributed by atoms with Crippen molar-refractivity contribution in [2.75, 3.05) is 13.2 Å². The Morgan fingerprint density at radius 1 is 1.39 bits per heavy atom. The molecule has 5 heteroatoms. The fourth-order valence-corrected chi connectivity index (χ4v) is 3.30. The number of hydrogen-bond acceptors (Lipinski definition) is 4. The summed E-state index contributed by atoms with van der Waals surface area (Å²) in [6, 6.07) is 0.611. The van der Waals surface area contributed by atoms with Crippen molar-refractivity contribution >= 4 is 0 Å². The second kappa shape index (κ2) is 5.36. The molecule has 0 bridgehead atoms. The van der Waals surface area contributed by atoms with Crippen molar-refractivity contribution in [3.63, 3.8) is 0 Å². The van der Waals surface area contributed by atoms with Crippen molar-refractivity contribution in [2.24, 2.45) is 0 Å². The predicted molar refractivity (Wildman–Crippen MR) is 68.2 cm³/mol. The number of hydrogen-bond donors (Lipinski definition) is 1. The van der Waals surface area contributed by atoms with E-state index in [0.717, 1.165) is 26.1 Å². The van der Waals surface area contributed by atoms with Gasteiger partial charge in [-0.1, -0.05) is 18.1 Å². The van der Waals surface area contributed by atoms with Crippen molar-refractivity contribution < 1.29 is 4.74 Å². The lowest BCUT2D eigenvalue weighted by Crippen LogP contribution is -2.46. The zero-order valence-electron chi connectivity index (χ0n) is 10.8. The molecule has 0 amide bonds. The molecule has 0 aromatic carbocycles. The van der Waals surface area contributed by atoms with Crippen LogP contribution in [0.1, 0.15) is 38.5 Å². The van der Waals surface area contributed by atoms with E-state index in [1.807, 2.05) is 10.9 Å². The lowest BCUT2D eigenvalue weighted by Gasteiger charge is -2.38. The monoisotopic (exact) mass is 250 g/mol. The number of ether oxygens (including phenoxy) is 1. The van der Waals surface area contributed by atoms with Gasteiger partial charge in [0.05, 0.1) is 18.3 Å². The highest BCUT2D eigenvalue weighted by Crippen LogP contribution is 2.39. The second-order valence-corrected chi connectivity index (χ2v) is 5.55. The summed E-state index contributed by atoms with van der Waals surface area (Å²) in [6.07, 6.45) is 11.1. The number of aromatic nitrogens is 3.